The number of aromatic nitrogens is 2. The largest absolute Gasteiger partial charge is 0.306 e. The van der Waals surface area contributed by atoms with Gasteiger partial charge in [0.15, 0.2) is 0 Å². The van der Waals surface area contributed by atoms with Gasteiger partial charge < -0.3 is 9.47 Å². The Morgan fingerprint density at radius 1 is 1.19 bits per heavy atom. The van der Waals surface area contributed by atoms with Crippen LogP contribution in [0.4, 0.5) is 0 Å². The molecule has 0 amide bonds. The fourth-order valence-electron chi connectivity index (χ4n) is 2.34. The molecule has 1 aromatic heterocycles. The summed E-state index contributed by atoms with van der Waals surface area (Å²) in [7, 11) is 0. The van der Waals surface area contributed by atoms with Gasteiger partial charge in [0, 0.05) is 37.5 Å². The van der Waals surface area contributed by atoms with E-state index >= 15 is 0 Å². The first-order valence-corrected chi connectivity index (χ1v) is 7.54. The van der Waals surface area contributed by atoms with Gasteiger partial charge in [0.25, 0.3) is 0 Å². The number of hydrogen-bond acceptors (Lipinski definition) is 3. The fraction of sp³-hybridized carbons (Fsp3) is 0.412. The Kier molecular flexibility index (Phi) is 5.69. The number of hydrogen-bond donors (Lipinski definition) is 0. The minimum Gasteiger partial charge on any atom is -0.306 e. The number of benzene rings is 1. The lowest BCUT2D eigenvalue weighted by Crippen LogP contribution is -2.26. The summed E-state index contributed by atoms with van der Waals surface area (Å²) >= 11 is 0. The van der Waals surface area contributed by atoms with Crippen molar-refractivity contribution < 1.29 is 4.79 Å². The Hall–Kier alpha value is -1.94. The third kappa shape index (κ3) is 4.53. The Morgan fingerprint density at radius 2 is 1.90 bits per heavy atom. The molecule has 0 aliphatic heterocycles. The molecule has 0 fully saturated rings. The summed E-state index contributed by atoms with van der Waals surface area (Å²) in [5.41, 5.74) is 2.13. The molecule has 0 saturated heterocycles. The van der Waals surface area contributed by atoms with Crippen LogP contribution in [-0.2, 0) is 11.2 Å². The Balaban J connectivity index is 1.87. The smallest absolute Gasteiger partial charge is 0.138 e. The van der Waals surface area contributed by atoms with E-state index in [2.05, 4.69) is 23.7 Å². The van der Waals surface area contributed by atoms with E-state index in [-0.39, 0.29) is 0 Å². The van der Waals surface area contributed by atoms with E-state index in [1.807, 2.05) is 35.0 Å². The molecule has 0 atom stereocenters. The lowest BCUT2D eigenvalue weighted by atomic mass is 10.1. The molecule has 112 valence electrons. The molecule has 4 heteroatoms. The first-order valence-electron chi connectivity index (χ1n) is 7.54. The highest BCUT2D eigenvalue weighted by Crippen LogP contribution is 2.10. The zero-order valence-corrected chi connectivity index (χ0v) is 12.8. The predicted molar refractivity (Wildman–Crippen MR) is 84.7 cm³/mol. The quantitative estimate of drug-likeness (QED) is 0.748. The zero-order valence-electron chi connectivity index (χ0n) is 12.8. The van der Waals surface area contributed by atoms with Crippen molar-refractivity contribution in [2.45, 2.75) is 26.7 Å². The summed E-state index contributed by atoms with van der Waals surface area (Å²) in [4.78, 5) is 18.3. The van der Waals surface area contributed by atoms with Gasteiger partial charge in [-0.3, -0.25) is 4.79 Å². The zero-order chi connectivity index (χ0) is 15.1. The van der Waals surface area contributed by atoms with Gasteiger partial charge in [0.1, 0.15) is 5.78 Å². The molecule has 0 saturated carbocycles. The first-order chi connectivity index (χ1) is 10.2. The second-order valence-electron chi connectivity index (χ2n) is 5.13. The maximum atomic E-state index is 12.0. The normalized spacial score (nSPS) is 11.0. The van der Waals surface area contributed by atoms with Crippen LogP contribution in [0.5, 0.6) is 0 Å². The number of Topliss-reactive ketones (excluding diaryl/α,β-unsaturated/α-hetero) is 1. The highest BCUT2D eigenvalue weighted by Gasteiger charge is 2.07. The van der Waals surface area contributed by atoms with E-state index < -0.39 is 0 Å². The van der Waals surface area contributed by atoms with Crippen molar-refractivity contribution in [3.8, 4) is 5.69 Å². The van der Waals surface area contributed by atoms with Crippen molar-refractivity contribution >= 4 is 5.78 Å². The lowest BCUT2D eigenvalue weighted by molar-refractivity contribution is -0.118. The topological polar surface area (TPSA) is 38.1 Å². The van der Waals surface area contributed by atoms with E-state index in [0.717, 1.165) is 30.9 Å². The minimum atomic E-state index is 0.303. The first kappa shape index (κ1) is 15.4. The molecule has 2 rings (SSSR count). The van der Waals surface area contributed by atoms with Crippen LogP contribution in [0, 0.1) is 0 Å². The maximum absolute atomic E-state index is 12.0. The van der Waals surface area contributed by atoms with Gasteiger partial charge >= 0.3 is 0 Å². The number of carbonyl (C=O) groups is 1. The van der Waals surface area contributed by atoms with Crippen molar-refractivity contribution in [2.24, 2.45) is 0 Å². The predicted octanol–water partition coefficient (Wildman–Crippen LogP) is 2.72. The minimum absolute atomic E-state index is 0.303. The molecular formula is C17H23N3O. The Labute approximate surface area is 126 Å². The third-order valence-corrected chi connectivity index (χ3v) is 3.74. The summed E-state index contributed by atoms with van der Waals surface area (Å²) in [5, 5.41) is 0. The molecule has 21 heavy (non-hydrogen) atoms. The molecule has 1 aromatic carbocycles. The second kappa shape index (κ2) is 7.74. The van der Waals surface area contributed by atoms with Gasteiger partial charge in [0.2, 0.25) is 0 Å². The van der Waals surface area contributed by atoms with Gasteiger partial charge in [-0.25, -0.2) is 4.98 Å². The Morgan fingerprint density at radius 3 is 2.48 bits per heavy atom. The van der Waals surface area contributed by atoms with Gasteiger partial charge in [-0.1, -0.05) is 26.0 Å². The van der Waals surface area contributed by atoms with Crippen molar-refractivity contribution in [1.82, 2.24) is 14.5 Å². The van der Waals surface area contributed by atoms with Crippen LogP contribution < -0.4 is 0 Å². The molecule has 0 unspecified atom stereocenters. The van der Waals surface area contributed by atoms with Crippen molar-refractivity contribution in [3.05, 3.63) is 48.5 Å². The van der Waals surface area contributed by atoms with Crippen LogP contribution >= 0.6 is 0 Å². The van der Waals surface area contributed by atoms with Crippen LogP contribution in [0.15, 0.2) is 43.0 Å². The monoisotopic (exact) mass is 285 g/mol. The van der Waals surface area contributed by atoms with Crippen LogP contribution in [0.2, 0.25) is 0 Å². The number of rotatable bonds is 8. The van der Waals surface area contributed by atoms with E-state index in [9.17, 15) is 4.79 Å². The summed E-state index contributed by atoms with van der Waals surface area (Å²) in [6.07, 6.45) is 6.58. The fourth-order valence-corrected chi connectivity index (χ4v) is 2.34. The SMILES string of the molecule is CCN(CC)CCC(=O)Cc1ccc(-n2ccnc2)cc1. The van der Waals surface area contributed by atoms with E-state index in [0.29, 0.717) is 18.6 Å². The van der Waals surface area contributed by atoms with Crippen LogP contribution in [0.25, 0.3) is 5.69 Å². The summed E-state index contributed by atoms with van der Waals surface area (Å²) in [5.74, 6) is 0.303. The van der Waals surface area contributed by atoms with E-state index in [1.165, 1.54) is 0 Å². The van der Waals surface area contributed by atoms with Crippen molar-refractivity contribution in [2.75, 3.05) is 19.6 Å². The van der Waals surface area contributed by atoms with Gasteiger partial charge in [0.05, 0.1) is 6.33 Å². The van der Waals surface area contributed by atoms with Crippen LogP contribution in [0.1, 0.15) is 25.8 Å². The van der Waals surface area contributed by atoms with Crippen LogP contribution in [-0.4, -0.2) is 39.9 Å². The number of ketones is 1. The molecule has 0 bridgehead atoms. The van der Waals surface area contributed by atoms with Crippen molar-refractivity contribution in [1.29, 1.82) is 0 Å². The van der Waals surface area contributed by atoms with Crippen LogP contribution in [0.3, 0.4) is 0 Å². The van der Waals surface area contributed by atoms with E-state index in [1.54, 1.807) is 12.5 Å². The summed E-state index contributed by atoms with van der Waals surface area (Å²) < 4.78 is 1.95. The summed E-state index contributed by atoms with van der Waals surface area (Å²) in [6.45, 7) is 7.12. The molecule has 0 aliphatic rings. The number of imidazole rings is 1. The average molecular weight is 285 g/mol. The lowest BCUT2D eigenvalue weighted by Gasteiger charge is -2.17. The molecule has 4 nitrogen and oxygen atoms in total. The highest BCUT2D eigenvalue weighted by atomic mass is 16.1. The maximum Gasteiger partial charge on any atom is 0.138 e. The Bertz CT molecular complexity index is 542. The molecule has 2 aromatic rings. The molecule has 0 spiro atoms. The van der Waals surface area contributed by atoms with Gasteiger partial charge in [-0.05, 0) is 30.8 Å². The highest BCUT2D eigenvalue weighted by molar-refractivity contribution is 5.81. The molecule has 1 heterocycles. The third-order valence-electron chi connectivity index (χ3n) is 3.74. The molecule has 0 aliphatic carbocycles. The van der Waals surface area contributed by atoms with Gasteiger partial charge in [-0.2, -0.15) is 0 Å². The van der Waals surface area contributed by atoms with Gasteiger partial charge in [-0.15, -0.1) is 0 Å². The number of nitrogens with zero attached hydrogens (tertiary/aromatic N) is 3. The molecule has 0 N–H and O–H groups in total. The summed E-state index contributed by atoms with van der Waals surface area (Å²) in [6, 6.07) is 8.08. The molecule has 0 radical (unpaired) electrons. The number of carbonyl (C=O) groups excluding carboxylic acids is 1. The standard InChI is InChI=1S/C17H23N3O/c1-3-19(4-2)11-9-17(21)13-15-5-7-16(8-6-15)20-12-10-18-14-20/h5-8,10,12,14H,3-4,9,11,13H2,1-2H3. The average Bonchev–Trinajstić information content (AvgIpc) is 3.03. The van der Waals surface area contributed by atoms with E-state index in [4.69, 9.17) is 0 Å². The van der Waals surface area contributed by atoms with Crippen molar-refractivity contribution in [3.63, 3.8) is 0 Å². The second-order valence-corrected chi connectivity index (χ2v) is 5.13. The molecular weight excluding hydrogens is 262 g/mol.